The summed E-state index contributed by atoms with van der Waals surface area (Å²) in [4.78, 5) is 16.9. The minimum atomic E-state index is -0.590. The Morgan fingerprint density at radius 3 is 2.44 bits per heavy atom. The first kappa shape index (κ1) is 30.1. The molecule has 5 fully saturated rings. The Kier molecular flexibility index (Phi) is 7.05. The highest BCUT2D eigenvalue weighted by Gasteiger charge is 2.48. The number of nitrogens with one attached hydrogen (secondary N) is 1. The van der Waals surface area contributed by atoms with Crippen molar-refractivity contribution in [3.63, 3.8) is 0 Å². The lowest BCUT2D eigenvalue weighted by Crippen LogP contribution is -2.51. The lowest BCUT2D eigenvalue weighted by atomic mass is 9.93. The minimum absolute atomic E-state index is 0.0223. The number of benzene rings is 3. The van der Waals surface area contributed by atoms with E-state index in [9.17, 15) is 9.50 Å². The number of phenols is 1. The van der Waals surface area contributed by atoms with Crippen molar-refractivity contribution in [1.82, 2.24) is 25.1 Å². The second kappa shape index (κ2) is 11.3. The zero-order valence-electron chi connectivity index (χ0n) is 27.2. The van der Waals surface area contributed by atoms with Gasteiger partial charge < -0.3 is 29.9 Å². The van der Waals surface area contributed by atoms with Crippen molar-refractivity contribution in [2.45, 2.75) is 37.8 Å². The number of aromatic nitrogens is 2. The van der Waals surface area contributed by atoms with E-state index >= 15 is 4.39 Å². The fourth-order valence-corrected chi connectivity index (χ4v) is 9.06. The zero-order chi connectivity index (χ0) is 32.7. The average molecular weight is 651 g/mol. The van der Waals surface area contributed by atoms with Gasteiger partial charge in [0.1, 0.15) is 22.9 Å². The Morgan fingerprint density at radius 2 is 1.73 bits per heavy atom. The van der Waals surface area contributed by atoms with Crippen LogP contribution in [0.1, 0.15) is 31.2 Å². The van der Waals surface area contributed by atoms with E-state index in [0.29, 0.717) is 46.2 Å². The van der Waals surface area contributed by atoms with Crippen LogP contribution in [-0.4, -0.2) is 96.4 Å². The molecule has 248 valence electrons. The SMILES string of the molecule is C#Cc1c(F)ccc2cc(O)cc(-c3ccc4c(N5CC6CCC(C5)N6)nc(OCC5(CN6CC7CN(C)CC7C6)CC5)nc4c3F)c12. The Bertz CT molecular complexity index is 1970. The number of aromatic hydroxyl groups is 1. The summed E-state index contributed by atoms with van der Waals surface area (Å²) >= 11 is 0. The van der Waals surface area contributed by atoms with E-state index in [-0.39, 0.29) is 33.8 Å². The van der Waals surface area contributed by atoms with E-state index in [1.807, 2.05) is 6.07 Å². The van der Waals surface area contributed by atoms with Gasteiger partial charge in [0, 0.05) is 79.6 Å². The molecule has 48 heavy (non-hydrogen) atoms. The van der Waals surface area contributed by atoms with Gasteiger partial charge in [0.15, 0.2) is 5.82 Å². The topological polar surface area (TPSA) is 77.0 Å². The van der Waals surface area contributed by atoms with Crippen LogP contribution in [-0.2, 0) is 0 Å². The number of piperazine rings is 1. The largest absolute Gasteiger partial charge is 0.508 e. The van der Waals surface area contributed by atoms with Crippen molar-refractivity contribution in [1.29, 1.82) is 0 Å². The van der Waals surface area contributed by atoms with E-state index in [4.69, 9.17) is 21.1 Å². The highest BCUT2D eigenvalue weighted by molar-refractivity contribution is 6.04. The summed E-state index contributed by atoms with van der Waals surface area (Å²) in [6, 6.07) is 10.1. The van der Waals surface area contributed by atoms with Crippen LogP contribution in [0.15, 0.2) is 36.4 Å². The van der Waals surface area contributed by atoms with Crippen LogP contribution in [0, 0.1) is 41.2 Å². The lowest BCUT2D eigenvalue weighted by molar-refractivity contribution is 0.161. The number of hydrogen-bond donors (Lipinski definition) is 2. The van der Waals surface area contributed by atoms with Crippen LogP contribution in [0.25, 0.3) is 32.8 Å². The smallest absolute Gasteiger partial charge is 0.319 e. The Hall–Kier alpha value is -4.04. The molecular formula is C38H40F2N6O2. The molecule has 2 bridgehead atoms. The third-order valence-electron chi connectivity index (χ3n) is 11.5. The number of likely N-dealkylation sites (tertiary alicyclic amines) is 2. The Balaban J connectivity index is 1.09. The molecular weight excluding hydrogens is 610 g/mol. The minimum Gasteiger partial charge on any atom is -0.508 e. The van der Waals surface area contributed by atoms with Crippen LogP contribution in [0.4, 0.5) is 14.6 Å². The molecule has 0 radical (unpaired) electrons. The van der Waals surface area contributed by atoms with Crippen LogP contribution in [0.5, 0.6) is 11.8 Å². The molecule has 1 aliphatic carbocycles. The van der Waals surface area contributed by atoms with Gasteiger partial charge in [-0.15, -0.1) is 6.42 Å². The number of anilines is 1. The van der Waals surface area contributed by atoms with E-state index in [0.717, 1.165) is 70.2 Å². The monoisotopic (exact) mass is 650 g/mol. The number of nitrogens with zero attached hydrogens (tertiary/aromatic N) is 5. The van der Waals surface area contributed by atoms with Gasteiger partial charge in [0.2, 0.25) is 0 Å². The molecule has 5 heterocycles. The molecule has 4 unspecified atom stereocenters. The summed E-state index contributed by atoms with van der Waals surface area (Å²) < 4.78 is 38.2. The molecule has 4 aliphatic heterocycles. The average Bonchev–Trinajstić information content (AvgIpc) is 3.43. The van der Waals surface area contributed by atoms with Gasteiger partial charge in [-0.05, 0) is 79.8 Å². The predicted molar refractivity (Wildman–Crippen MR) is 182 cm³/mol. The Morgan fingerprint density at radius 1 is 0.979 bits per heavy atom. The van der Waals surface area contributed by atoms with E-state index < -0.39 is 11.6 Å². The molecule has 4 atom stereocenters. The molecule has 1 saturated carbocycles. The van der Waals surface area contributed by atoms with Gasteiger partial charge in [-0.3, -0.25) is 0 Å². The molecule has 2 N–H and O–H groups in total. The van der Waals surface area contributed by atoms with Gasteiger partial charge in [-0.25, -0.2) is 8.78 Å². The van der Waals surface area contributed by atoms with E-state index in [2.05, 4.69) is 33.0 Å². The molecule has 0 spiro atoms. The predicted octanol–water partition coefficient (Wildman–Crippen LogP) is 5.01. The molecule has 4 aromatic rings. The normalized spacial score (nSPS) is 26.3. The van der Waals surface area contributed by atoms with Crippen molar-refractivity contribution in [3.8, 4) is 35.2 Å². The quantitative estimate of drug-likeness (QED) is 0.271. The maximum absolute atomic E-state index is 16.9. The molecule has 0 amide bonds. The first-order valence-electron chi connectivity index (χ1n) is 17.2. The first-order chi connectivity index (χ1) is 23.3. The molecule has 10 heteroatoms. The number of hydrogen-bond acceptors (Lipinski definition) is 8. The van der Waals surface area contributed by atoms with Crippen molar-refractivity contribution >= 4 is 27.5 Å². The van der Waals surface area contributed by atoms with Gasteiger partial charge in [-0.2, -0.15) is 9.97 Å². The lowest BCUT2D eigenvalue weighted by Gasteiger charge is -2.34. The van der Waals surface area contributed by atoms with Gasteiger partial charge >= 0.3 is 6.01 Å². The second-order valence-corrected chi connectivity index (χ2v) is 15.1. The summed E-state index contributed by atoms with van der Waals surface area (Å²) in [5.41, 5.74) is 0.695. The summed E-state index contributed by atoms with van der Waals surface area (Å²) in [5, 5.41) is 15.7. The number of ether oxygens (including phenoxy) is 1. The third kappa shape index (κ3) is 5.15. The van der Waals surface area contributed by atoms with Crippen molar-refractivity contribution < 1.29 is 18.6 Å². The van der Waals surface area contributed by atoms with Crippen molar-refractivity contribution in [3.05, 3.63) is 53.6 Å². The summed E-state index contributed by atoms with van der Waals surface area (Å²) in [6.45, 7) is 7.66. The standard InChI is InChI=1S/C38H40F2N6O2/c1-3-28-32(39)9-4-22-12-27(47)13-31(33(22)28)29-7-8-30-35(34(29)40)42-37(43-36(30)46-18-25-5-6-26(19-46)41-25)48-21-38(10-11-38)20-45-16-23-14-44(2)15-24(23)17-45/h1,4,7-9,12-13,23-26,41,47H,5-6,10-11,14-21H2,2H3. The van der Waals surface area contributed by atoms with Gasteiger partial charge in [-0.1, -0.05) is 18.1 Å². The van der Waals surface area contributed by atoms with Gasteiger partial charge in [0.25, 0.3) is 0 Å². The summed E-state index contributed by atoms with van der Waals surface area (Å²) in [5.74, 6) is 3.36. The van der Waals surface area contributed by atoms with Crippen LogP contribution in [0.3, 0.4) is 0 Å². The van der Waals surface area contributed by atoms with E-state index in [1.165, 1.54) is 31.3 Å². The summed E-state index contributed by atoms with van der Waals surface area (Å²) in [6.07, 6.45) is 10.1. The summed E-state index contributed by atoms with van der Waals surface area (Å²) in [7, 11) is 2.22. The number of rotatable bonds is 7. The molecule has 9 rings (SSSR count). The molecule has 1 aromatic heterocycles. The highest BCUT2D eigenvalue weighted by Crippen LogP contribution is 2.48. The maximum Gasteiger partial charge on any atom is 0.319 e. The zero-order valence-corrected chi connectivity index (χ0v) is 27.2. The fraction of sp³-hybridized carbons (Fsp3) is 0.474. The van der Waals surface area contributed by atoms with Crippen molar-refractivity contribution in [2.75, 3.05) is 64.4 Å². The third-order valence-corrected chi connectivity index (χ3v) is 11.5. The van der Waals surface area contributed by atoms with E-state index in [1.54, 1.807) is 12.1 Å². The van der Waals surface area contributed by atoms with Crippen LogP contribution < -0.4 is 15.0 Å². The number of phenolic OH excluding ortho intramolecular Hbond substituents is 1. The van der Waals surface area contributed by atoms with Crippen molar-refractivity contribution in [2.24, 2.45) is 17.3 Å². The molecule has 8 nitrogen and oxygen atoms in total. The first-order valence-corrected chi connectivity index (χ1v) is 17.2. The highest BCUT2D eigenvalue weighted by atomic mass is 19.1. The maximum atomic E-state index is 16.9. The Labute approximate surface area is 279 Å². The number of fused-ring (bicyclic) bond motifs is 5. The molecule has 4 saturated heterocycles. The second-order valence-electron chi connectivity index (χ2n) is 15.1. The molecule has 3 aromatic carbocycles. The number of halogens is 2. The molecule has 5 aliphatic rings. The number of terminal acetylenes is 1. The van der Waals surface area contributed by atoms with Crippen LogP contribution >= 0.6 is 0 Å². The van der Waals surface area contributed by atoms with Crippen LogP contribution in [0.2, 0.25) is 0 Å². The van der Waals surface area contributed by atoms with Gasteiger partial charge in [0.05, 0.1) is 12.2 Å². The fourth-order valence-electron chi connectivity index (χ4n) is 9.06.